The minimum Gasteiger partial charge on any atom is -0.377 e. The maximum Gasteiger partial charge on any atom is 0.222 e. The zero-order chi connectivity index (χ0) is 20.1. The molecule has 3 aliphatic rings. The van der Waals surface area contributed by atoms with Crippen LogP contribution in [0.2, 0.25) is 0 Å². The van der Waals surface area contributed by atoms with E-state index in [0.717, 1.165) is 57.0 Å². The van der Waals surface area contributed by atoms with E-state index in [4.69, 9.17) is 4.74 Å². The van der Waals surface area contributed by atoms with Gasteiger partial charge >= 0.3 is 0 Å². The molecule has 1 aromatic rings. The average molecular weight is 401 g/mol. The van der Waals surface area contributed by atoms with E-state index in [9.17, 15) is 4.79 Å². The van der Waals surface area contributed by atoms with Gasteiger partial charge in [-0.2, -0.15) is 0 Å². The smallest absolute Gasteiger partial charge is 0.222 e. The van der Waals surface area contributed by atoms with Crippen molar-refractivity contribution in [1.29, 1.82) is 0 Å². The number of methoxy groups -OCH3 is 1. The number of ether oxygens (including phenoxy) is 1. The number of aromatic nitrogens is 2. The van der Waals surface area contributed by atoms with Crippen molar-refractivity contribution >= 4 is 5.91 Å². The molecule has 3 fully saturated rings. The monoisotopic (exact) mass is 400 g/mol. The van der Waals surface area contributed by atoms with Gasteiger partial charge in [-0.15, -0.1) is 0 Å². The van der Waals surface area contributed by atoms with Crippen LogP contribution in [0.3, 0.4) is 0 Å². The van der Waals surface area contributed by atoms with Gasteiger partial charge in [0.05, 0.1) is 0 Å². The fourth-order valence-corrected chi connectivity index (χ4v) is 5.61. The third kappa shape index (κ3) is 5.34. The van der Waals surface area contributed by atoms with E-state index in [1.165, 1.54) is 44.9 Å². The second-order valence-corrected chi connectivity index (χ2v) is 9.53. The molecule has 6 heteroatoms. The summed E-state index contributed by atoms with van der Waals surface area (Å²) in [5.41, 5.74) is 1.44. The van der Waals surface area contributed by atoms with Crippen LogP contribution in [-0.2, 0) is 22.7 Å². The van der Waals surface area contributed by atoms with E-state index in [-0.39, 0.29) is 5.41 Å². The summed E-state index contributed by atoms with van der Waals surface area (Å²) in [5.74, 6) is 1.78. The topological polar surface area (TPSA) is 58.6 Å². The van der Waals surface area contributed by atoms with E-state index in [0.29, 0.717) is 18.4 Å². The van der Waals surface area contributed by atoms with E-state index in [1.54, 1.807) is 7.11 Å². The zero-order valence-corrected chi connectivity index (χ0v) is 17.9. The summed E-state index contributed by atoms with van der Waals surface area (Å²) in [6, 6.07) is 0. The predicted octanol–water partition coefficient (Wildman–Crippen LogP) is 3.41. The van der Waals surface area contributed by atoms with Crippen molar-refractivity contribution in [3.8, 4) is 0 Å². The number of carbonyl (C=O) groups is 1. The number of hydrogen-bond acceptors (Lipinski definition) is 5. The van der Waals surface area contributed by atoms with Crippen LogP contribution >= 0.6 is 0 Å². The lowest BCUT2D eigenvalue weighted by molar-refractivity contribution is -0.135. The Morgan fingerprint density at radius 2 is 1.90 bits per heavy atom. The highest BCUT2D eigenvalue weighted by atomic mass is 16.5. The average Bonchev–Trinajstić information content (AvgIpc) is 3.12. The summed E-state index contributed by atoms with van der Waals surface area (Å²) in [6.07, 6.45) is 14.7. The lowest BCUT2D eigenvalue weighted by Crippen LogP contribution is -2.47. The largest absolute Gasteiger partial charge is 0.377 e. The minimum atomic E-state index is 0.289. The molecule has 0 N–H and O–H groups in total. The molecule has 1 atom stereocenters. The predicted molar refractivity (Wildman–Crippen MR) is 112 cm³/mol. The van der Waals surface area contributed by atoms with Gasteiger partial charge in [0.2, 0.25) is 5.91 Å². The molecule has 1 saturated carbocycles. The Bertz CT molecular complexity index is 674. The fraction of sp³-hybridized carbons (Fsp3) is 0.783. The zero-order valence-electron chi connectivity index (χ0n) is 17.9. The van der Waals surface area contributed by atoms with Crippen LogP contribution in [-0.4, -0.2) is 59.0 Å². The Morgan fingerprint density at radius 3 is 2.66 bits per heavy atom. The van der Waals surface area contributed by atoms with Gasteiger partial charge in [0.25, 0.3) is 0 Å². The van der Waals surface area contributed by atoms with Gasteiger partial charge in [-0.05, 0) is 44.6 Å². The van der Waals surface area contributed by atoms with Crippen LogP contribution in [0.5, 0.6) is 0 Å². The maximum absolute atomic E-state index is 12.9. The molecule has 1 aromatic heterocycles. The minimum absolute atomic E-state index is 0.289. The van der Waals surface area contributed by atoms with Crippen LogP contribution in [0.4, 0.5) is 0 Å². The quantitative estimate of drug-likeness (QED) is 0.732. The molecule has 160 valence electrons. The van der Waals surface area contributed by atoms with Crippen LogP contribution in [0.15, 0.2) is 12.4 Å². The lowest BCUT2D eigenvalue weighted by atomic mass is 9.78. The molecule has 0 unspecified atom stereocenters. The Labute approximate surface area is 175 Å². The molecule has 2 saturated heterocycles. The molecule has 4 rings (SSSR count). The molecule has 2 aliphatic heterocycles. The summed E-state index contributed by atoms with van der Waals surface area (Å²) in [6.45, 7) is 5.45. The molecule has 1 aliphatic carbocycles. The number of hydrogen-bond donors (Lipinski definition) is 0. The second-order valence-electron chi connectivity index (χ2n) is 9.53. The van der Waals surface area contributed by atoms with Crippen molar-refractivity contribution in [2.75, 3.05) is 33.3 Å². The molecule has 29 heavy (non-hydrogen) atoms. The van der Waals surface area contributed by atoms with Crippen molar-refractivity contribution in [3.63, 3.8) is 0 Å². The molecular weight excluding hydrogens is 364 g/mol. The standard InChI is InChI=1S/C23H36N4O2/c1-29-16-21-24-13-20(14-25-21)15-26-11-9-23(17-26)8-5-10-27(18-23)22(28)12-19-6-3-2-4-7-19/h13-14,19H,2-12,15-18H2,1H3/t23-/m1/s1. The van der Waals surface area contributed by atoms with Gasteiger partial charge in [-0.3, -0.25) is 9.69 Å². The Kier molecular flexibility index (Phi) is 6.81. The van der Waals surface area contributed by atoms with Gasteiger partial charge in [0.1, 0.15) is 6.61 Å². The first-order chi connectivity index (χ1) is 14.2. The summed E-state index contributed by atoms with van der Waals surface area (Å²) in [7, 11) is 1.66. The summed E-state index contributed by atoms with van der Waals surface area (Å²) in [4.78, 5) is 26.4. The van der Waals surface area contributed by atoms with E-state index in [1.807, 2.05) is 12.4 Å². The molecule has 0 radical (unpaired) electrons. The highest BCUT2D eigenvalue weighted by Gasteiger charge is 2.42. The summed E-state index contributed by atoms with van der Waals surface area (Å²) in [5, 5.41) is 0. The first kappa shape index (κ1) is 20.7. The molecule has 1 spiro atoms. The first-order valence-corrected chi connectivity index (χ1v) is 11.4. The van der Waals surface area contributed by atoms with Gasteiger partial charge in [-0.1, -0.05) is 19.3 Å². The molecular formula is C23H36N4O2. The molecule has 1 amide bonds. The van der Waals surface area contributed by atoms with E-state index >= 15 is 0 Å². The van der Waals surface area contributed by atoms with E-state index in [2.05, 4.69) is 19.8 Å². The lowest BCUT2D eigenvalue weighted by Gasteiger charge is -2.41. The molecule has 6 nitrogen and oxygen atoms in total. The maximum atomic E-state index is 12.9. The fourth-order valence-electron chi connectivity index (χ4n) is 5.61. The number of amides is 1. The van der Waals surface area contributed by atoms with Gasteiger partial charge in [0, 0.05) is 63.1 Å². The second kappa shape index (κ2) is 9.52. The highest BCUT2D eigenvalue weighted by molar-refractivity contribution is 5.76. The Morgan fingerprint density at radius 1 is 1.10 bits per heavy atom. The van der Waals surface area contributed by atoms with Crippen LogP contribution < -0.4 is 0 Å². The van der Waals surface area contributed by atoms with Gasteiger partial charge in [0.15, 0.2) is 5.82 Å². The number of likely N-dealkylation sites (tertiary alicyclic amines) is 2. The van der Waals surface area contributed by atoms with Crippen molar-refractivity contribution in [2.24, 2.45) is 11.3 Å². The summed E-state index contributed by atoms with van der Waals surface area (Å²) >= 11 is 0. The number of carbonyl (C=O) groups excluding carboxylic acids is 1. The van der Waals surface area contributed by atoms with Crippen LogP contribution in [0.25, 0.3) is 0 Å². The number of rotatable bonds is 6. The van der Waals surface area contributed by atoms with Gasteiger partial charge in [-0.25, -0.2) is 9.97 Å². The van der Waals surface area contributed by atoms with Crippen LogP contribution in [0, 0.1) is 11.3 Å². The van der Waals surface area contributed by atoms with E-state index < -0.39 is 0 Å². The molecule has 0 bridgehead atoms. The van der Waals surface area contributed by atoms with Crippen molar-refractivity contribution in [1.82, 2.24) is 19.8 Å². The van der Waals surface area contributed by atoms with Crippen molar-refractivity contribution in [2.45, 2.75) is 70.9 Å². The Balaban J connectivity index is 1.29. The number of piperidine rings is 1. The third-order valence-corrected chi connectivity index (χ3v) is 7.16. The SMILES string of the molecule is COCc1ncc(CN2CC[C@]3(CCCN(C(=O)CC4CCCCC4)C3)C2)cn1. The normalized spacial score (nSPS) is 26.3. The van der Waals surface area contributed by atoms with Crippen molar-refractivity contribution in [3.05, 3.63) is 23.8 Å². The third-order valence-electron chi connectivity index (χ3n) is 7.16. The van der Waals surface area contributed by atoms with Gasteiger partial charge < -0.3 is 9.64 Å². The van der Waals surface area contributed by atoms with Crippen LogP contribution in [0.1, 0.15) is 69.2 Å². The number of nitrogens with zero attached hydrogens (tertiary/aromatic N) is 4. The molecule has 3 heterocycles. The Hall–Kier alpha value is -1.53. The highest BCUT2D eigenvalue weighted by Crippen LogP contribution is 2.40. The first-order valence-electron chi connectivity index (χ1n) is 11.4. The summed E-state index contributed by atoms with van der Waals surface area (Å²) < 4.78 is 5.09. The molecule has 0 aromatic carbocycles. The van der Waals surface area contributed by atoms with Crippen molar-refractivity contribution < 1.29 is 9.53 Å².